The molecule has 0 aliphatic carbocycles. The maximum absolute atomic E-state index is 12.1. The average Bonchev–Trinajstić information content (AvgIpc) is 2.74. The first-order chi connectivity index (χ1) is 13.7. The number of carbonyl (C=O) groups excluding carboxylic acids is 2. The zero-order valence-corrected chi connectivity index (χ0v) is 16.1. The molecule has 0 atom stereocenters. The summed E-state index contributed by atoms with van der Waals surface area (Å²) in [5.74, 6) is -0.954. The Labute approximate surface area is 163 Å². The van der Waals surface area contributed by atoms with Gasteiger partial charge >= 0.3 is 11.9 Å². The maximum atomic E-state index is 12.1. The molecule has 0 bridgehead atoms. The molecule has 8 heteroatoms. The van der Waals surface area contributed by atoms with Gasteiger partial charge in [0.25, 0.3) is 0 Å². The van der Waals surface area contributed by atoms with Crippen molar-refractivity contribution in [3.63, 3.8) is 0 Å². The van der Waals surface area contributed by atoms with Gasteiger partial charge in [-0.05, 0) is 38.1 Å². The number of carbonyl (C=O) groups is 2. The standard InChI is InChI=1S/C20H24N2O6/c1-3-25-9-11-27-19(23)15-5-7-21-17(13-15)18-14-16(6-8-22-18)20(24)28-12-10-26-4-2/h5-8,13-14H,3-4,9-12H2,1-2H3. The lowest BCUT2D eigenvalue weighted by molar-refractivity contribution is 0.0330. The predicted molar refractivity (Wildman–Crippen MR) is 101 cm³/mol. The summed E-state index contributed by atoms with van der Waals surface area (Å²) in [5.41, 5.74) is 1.58. The Balaban J connectivity index is 2.05. The first-order valence-corrected chi connectivity index (χ1v) is 9.08. The van der Waals surface area contributed by atoms with E-state index in [1.807, 2.05) is 13.8 Å². The molecule has 0 unspecified atom stereocenters. The quantitative estimate of drug-likeness (QED) is 0.428. The van der Waals surface area contributed by atoms with Gasteiger partial charge in [0.15, 0.2) is 0 Å². The van der Waals surface area contributed by atoms with Crippen LogP contribution in [0.3, 0.4) is 0 Å². The van der Waals surface area contributed by atoms with Gasteiger partial charge in [-0.15, -0.1) is 0 Å². The van der Waals surface area contributed by atoms with Crippen molar-refractivity contribution in [3.05, 3.63) is 47.8 Å². The average molecular weight is 388 g/mol. The van der Waals surface area contributed by atoms with Gasteiger partial charge in [-0.1, -0.05) is 0 Å². The molecule has 2 aromatic heterocycles. The Hall–Kier alpha value is -2.84. The van der Waals surface area contributed by atoms with Gasteiger partial charge in [-0.3, -0.25) is 9.97 Å². The normalized spacial score (nSPS) is 10.5. The van der Waals surface area contributed by atoms with Gasteiger partial charge < -0.3 is 18.9 Å². The molecule has 2 rings (SSSR count). The highest BCUT2D eigenvalue weighted by Gasteiger charge is 2.13. The second kappa shape index (κ2) is 11.8. The summed E-state index contributed by atoms with van der Waals surface area (Å²) in [5, 5.41) is 0. The molecule has 0 aliphatic rings. The molecule has 0 radical (unpaired) electrons. The van der Waals surface area contributed by atoms with Crippen LogP contribution in [0.25, 0.3) is 11.4 Å². The molecule has 0 amide bonds. The maximum Gasteiger partial charge on any atom is 0.338 e. The zero-order valence-electron chi connectivity index (χ0n) is 16.1. The van der Waals surface area contributed by atoms with Gasteiger partial charge in [0.2, 0.25) is 0 Å². The molecule has 2 aromatic rings. The lowest BCUT2D eigenvalue weighted by Gasteiger charge is -2.08. The van der Waals surface area contributed by atoms with Crippen molar-refractivity contribution in [2.45, 2.75) is 13.8 Å². The number of esters is 2. The molecule has 0 fully saturated rings. The molecule has 0 spiro atoms. The first-order valence-electron chi connectivity index (χ1n) is 9.08. The van der Waals surface area contributed by atoms with E-state index in [2.05, 4.69) is 9.97 Å². The van der Waals surface area contributed by atoms with E-state index in [9.17, 15) is 9.59 Å². The SMILES string of the molecule is CCOCCOC(=O)c1ccnc(-c2cc(C(=O)OCCOCC)ccn2)c1. The van der Waals surface area contributed by atoms with Crippen molar-refractivity contribution in [2.24, 2.45) is 0 Å². The Morgan fingerprint density at radius 1 is 0.750 bits per heavy atom. The number of nitrogens with zero attached hydrogens (tertiary/aromatic N) is 2. The Bertz CT molecular complexity index is 715. The van der Waals surface area contributed by atoms with Crippen molar-refractivity contribution >= 4 is 11.9 Å². The highest BCUT2D eigenvalue weighted by atomic mass is 16.6. The second-order valence-corrected chi connectivity index (χ2v) is 5.53. The molecular formula is C20H24N2O6. The zero-order chi connectivity index (χ0) is 20.2. The van der Waals surface area contributed by atoms with Crippen molar-refractivity contribution in [1.82, 2.24) is 9.97 Å². The van der Waals surface area contributed by atoms with Crippen LogP contribution < -0.4 is 0 Å². The van der Waals surface area contributed by atoms with Gasteiger partial charge in [-0.2, -0.15) is 0 Å². The van der Waals surface area contributed by atoms with E-state index >= 15 is 0 Å². The Morgan fingerprint density at radius 2 is 1.18 bits per heavy atom. The van der Waals surface area contributed by atoms with E-state index in [0.717, 1.165) is 0 Å². The molecule has 8 nitrogen and oxygen atoms in total. The largest absolute Gasteiger partial charge is 0.460 e. The topological polar surface area (TPSA) is 96.8 Å². The van der Waals surface area contributed by atoms with E-state index in [4.69, 9.17) is 18.9 Å². The molecule has 0 saturated carbocycles. The summed E-state index contributed by atoms with van der Waals surface area (Å²) in [7, 11) is 0. The van der Waals surface area contributed by atoms with Crippen LogP contribution in [0.5, 0.6) is 0 Å². The first kappa shape index (κ1) is 21.5. The van der Waals surface area contributed by atoms with E-state index in [0.29, 0.717) is 48.9 Å². The third kappa shape index (κ3) is 6.71. The number of hydrogen-bond donors (Lipinski definition) is 0. The summed E-state index contributed by atoms with van der Waals surface area (Å²) >= 11 is 0. The summed E-state index contributed by atoms with van der Waals surface area (Å²) in [6.45, 7) is 5.89. The predicted octanol–water partition coefficient (Wildman–Crippen LogP) is 2.53. The third-order valence-corrected chi connectivity index (χ3v) is 3.58. The van der Waals surface area contributed by atoms with Crippen molar-refractivity contribution in [2.75, 3.05) is 39.6 Å². The summed E-state index contributed by atoms with van der Waals surface area (Å²) in [6.07, 6.45) is 2.98. The number of ether oxygens (including phenoxy) is 4. The van der Waals surface area contributed by atoms with Crippen molar-refractivity contribution < 1.29 is 28.5 Å². The fraction of sp³-hybridized carbons (Fsp3) is 0.400. The van der Waals surface area contributed by atoms with Crippen LogP contribution >= 0.6 is 0 Å². The third-order valence-electron chi connectivity index (χ3n) is 3.58. The summed E-state index contributed by atoms with van der Waals surface area (Å²) < 4.78 is 20.6. The van der Waals surface area contributed by atoms with E-state index in [-0.39, 0.29) is 13.2 Å². The molecule has 0 N–H and O–H groups in total. The Morgan fingerprint density at radius 3 is 1.57 bits per heavy atom. The van der Waals surface area contributed by atoms with Crippen molar-refractivity contribution in [1.29, 1.82) is 0 Å². The molecule has 2 heterocycles. The van der Waals surface area contributed by atoms with Gasteiger partial charge in [0, 0.05) is 25.6 Å². The number of hydrogen-bond acceptors (Lipinski definition) is 8. The van der Waals surface area contributed by atoms with Gasteiger partial charge in [0.1, 0.15) is 13.2 Å². The second-order valence-electron chi connectivity index (χ2n) is 5.53. The highest BCUT2D eigenvalue weighted by Crippen LogP contribution is 2.18. The molecule has 0 aliphatic heterocycles. The smallest absolute Gasteiger partial charge is 0.338 e. The van der Waals surface area contributed by atoms with Crippen LogP contribution in [-0.2, 0) is 18.9 Å². The summed E-state index contributed by atoms with van der Waals surface area (Å²) in [6, 6.07) is 6.24. The lowest BCUT2D eigenvalue weighted by atomic mass is 10.1. The van der Waals surface area contributed by atoms with E-state index in [1.165, 1.54) is 12.4 Å². The van der Waals surface area contributed by atoms with Crippen LogP contribution in [0.15, 0.2) is 36.7 Å². The van der Waals surface area contributed by atoms with Crippen LogP contribution in [0.4, 0.5) is 0 Å². The van der Waals surface area contributed by atoms with Crippen LogP contribution in [0.2, 0.25) is 0 Å². The minimum atomic E-state index is -0.477. The molecule has 150 valence electrons. The molecule has 0 aromatic carbocycles. The van der Waals surface area contributed by atoms with Crippen molar-refractivity contribution in [3.8, 4) is 11.4 Å². The lowest BCUT2D eigenvalue weighted by Crippen LogP contribution is -2.11. The summed E-state index contributed by atoms with van der Waals surface area (Å²) in [4.78, 5) is 32.7. The Kier molecular flexibility index (Phi) is 9.03. The number of aromatic nitrogens is 2. The molecule has 28 heavy (non-hydrogen) atoms. The molecule has 0 saturated heterocycles. The van der Waals surface area contributed by atoms with E-state index in [1.54, 1.807) is 24.3 Å². The number of pyridine rings is 2. The highest BCUT2D eigenvalue weighted by molar-refractivity contribution is 5.92. The molecular weight excluding hydrogens is 364 g/mol. The van der Waals surface area contributed by atoms with E-state index < -0.39 is 11.9 Å². The fourth-order valence-electron chi connectivity index (χ4n) is 2.24. The minimum absolute atomic E-state index is 0.172. The van der Waals surface area contributed by atoms with Gasteiger partial charge in [0.05, 0.1) is 35.7 Å². The fourth-order valence-corrected chi connectivity index (χ4v) is 2.24. The van der Waals surface area contributed by atoms with Crippen LogP contribution in [-0.4, -0.2) is 61.5 Å². The monoisotopic (exact) mass is 388 g/mol. The van der Waals surface area contributed by atoms with Crippen LogP contribution in [0.1, 0.15) is 34.6 Å². The number of rotatable bonds is 11. The van der Waals surface area contributed by atoms with Crippen LogP contribution in [0, 0.1) is 0 Å². The minimum Gasteiger partial charge on any atom is -0.460 e. The van der Waals surface area contributed by atoms with Gasteiger partial charge in [-0.25, -0.2) is 9.59 Å².